The Morgan fingerprint density at radius 3 is 2.60 bits per heavy atom. The Morgan fingerprint density at radius 2 is 1.90 bits per heavy atom. The Morgan fingerprint density at radius 1 is 1.20 bits per heavy atom. The van der Waals surface area contributed by atoms with E-state index in [9.17, 15) is 9.90 Å². The normalized spacial score (nSPS) is 11.2. The summed E-state index contributed by atoms with van der Waals surface area (Å²) in [6, 6.07) is 7.52. The lowest BCUT2D eigenvalue weighted by molar-refractivity contribution is 0.477. The third-order valence-corrected chi connectivity index (χ3v) is 3.67. The van der Waals surface area contributed by atoms with E-state index in [0.29, 0.717) is 16.6 Å². The minimum atomic E-state index is -0.225. The molecule has 0 amide bonds. The molecule has 1 N–H and O–H groups in total. The molecule has 5 heteroatoms. The molecule has 0 spiro atoms. The van der Waals surface area contributed by atoms with E-state index in [0.717, 1.165) is 11.1 Å². The summed E-state index contributed by atoms with van der Waals surface area (Å²) in [5.74, 6) is -0.0163. The summed E-state index contributed by atoms with van der Waals surface area (Å²) in [5, 5.41) is 14.6. The average Bonchev–Trinajstić information content (AvgIpc) is 2.81. The molecule has 3 aromatic rings. The van der Waals surface area contributed by atoms with Gasteiger partial charge in [-0.15, -0.1) is 0 Å². The second kappa shape index (κ2) is 4.23. The molecule has 0 aliphatic heterocycles. The van der Waals surface area contributed by atoms with E-state index >= 15 is 0 Å². The smallest absolute Gasteiger partial charge is 0.262 e. The lowest BCUT2D eigenvalue weighted by Gasteiger charge is -2.11. The number of hydrogen-bond acceptors (Lipinski definition) is 3. The highest BCUT2D eigenvalue weighted by Gasteiger charge is 2.19. The van der Waals surface area contributed by atoms with Crippen molar-refractivity contribution in [2.75, 3.05) is 0 Å². The van der Waals surface area contributed by atoms with Gasteiger partial charge in [0.05, 0.1) is 17.3 Å². The number of rotatable bonds is 1. The highest BCUT2D eigenvalue weighted by molar-refractivity contribution is 5.90. The number of aromatic hydroxyl groups is 1. The first kappa shape index (κ1) is 12.5. The molecule has 5 nitrogen and oxygen atoms in total. The lowest BCUT2D eigenvalue weighted by Crippen LogP contribution is -2.19. The monoisotopic (exact) mass is 269 g/mol. The van der Waals surface area contributed by atoms with Gasteiger partial charge in [-0.1, -0.05) is 24.3 Å². The van der Waals surface area contributed by atoms with Crippen LogP contribution in [0.4, 0.5) is 0 Å². The van der Waals surface area contributed by atoms with Crippen LogP contribution >= 0.6 is 0 Å². The van der Waals surface area contributed by atoms with Gasteiger partial charge in [0.25, 0.3) is 5.56 Å². The van der Waals surface area contributed by atoms with Crippen LogP contribution in [0.5, 0.6) is 5.75 Å². The van der Waals surface area contributed by atoms with Gasteiger partial charge < -0.3 is 9.67 Å². The second-order valence-corrected chi connectivity index (χ2v) is 4.90. The zero-order valence-electron chi connectivity index (χ0n) is 11.6. The van der Waals surface area contributed by atoms with Crippen LogP contribution < -0.4 is 5.56 Å². The first-order valence-corrected chi connectivity index (χ1v) is 6.32. The van der Waals surface area contributed by atoms with Crippen molar-refractivity contribution >= 4 is 11.0 Å². The van der Waals surface area contributed by atoms with Gasteiger partial charge in [-0.25, -0.2) is 0 Å². The van der Waals surface area contributed by atoms with Crippen LogP contribution in [0.1, 0.15) is 5.56 Å². The Hall–Kier alpha value is -2.56. The summed E-state index contributed by atoms with van der Waals surface area (Å²) in [5.41, 5.74) is 2.96. The molecule has 0 radical (unpaired) electrons. The van der Waals surface area contributed by atoms with E-state index in [4.69, 9.17) is 0 Å². The molecule has 0 fully saturated rings. The van der Waals surface area contributed by atoms with Crippen molar-refractivity contribution in [3.63, 3.8) is 0 Å². The summed E-state index contributed by atoms with van der Waals surface area (Å²) < 4.78 is 3.09. The van der Waals surface area contributed by atoms with E-state index in [-0.39, 0.29) is 11.3 Å². The fraction of sp³-hybridized carbons (Fsp3) is 0.200. The van der Waals surface area contributed by atoms with Crippen molar-refractivity contribution in [2.45, 2.75) is 6.92 Å². The quantitative estimate of drug-likeness (QED) is 0.734. The predicted molar refractivity (Wildman–Crippen MR) is 77.8 cm³/mol. The van der Waals surface area contributed by atoms with Gasteiger partial charge in [0.1, 0.15) is 5.52 Å². The van der Waals surface area contributed by atoms with Gasteiger partial charge in [-0.05, 0) is 18.1 Å². The summed E-state index contributed by atoms with van der Waals surface area (Å²) in [6.45, 7) is 1.92. The number of nitrogens with zero attached hydrogens (tertiary/aromatic N) is 3. The van der Waals surface area contributed by atoms with Crippen LogP contribution in [-0.4, -0.2) is 19.5 Å². The highest BCUT2D eigenvalue weighted by Crippen LogP contribution is 2.33. The van der Waals surface area contributed by atoms with Crippen LogP contribution in [0.15, 0.2) is 35.3 Å². The van der Waals surface area contributed by atoms with Crippen LogP contribution in [0.2, 0.25) is 0 Å². The molecule has 0 bridgehead atoms. The van der Waals surface area contributed by atoms with E-state index < -0.39 is 0 Å². The molecule has 2 heterocycles. The first-order valence-electron chi connectivity index (χ1n) is 6.32. The number of aromatic nitrogens is 3. The van der Waals surface area contributed by atoms with Crippen molar-refractivity contribution in [2.24, 2.45) is 14.1 Å². The summed E-state index contributed by atoms with van der Waals surface area (Å²) in [7, 11) is 3.43. The average molecular weight is 269 g/mol. The number of benzene rings is 1. The van der Waals surface area contributed by atoms with Crippen molar-refractivity contribution in [3.05, 3.63) is 46.4 Å². The first-order chi connectivity index (χ1) is 9.52. The molecule has 0 aliphatic rings. The van der Waals surface area contributed by atoms with Crippen molar-refractivity contribution in [3.8, 4) is 16.9 Å². The van der Waals surface area contributed by atoms with Gasteiger partial charge in [0, 0.05) is 14.1 Å². The lowest BCUT2D eigenvalue weighted by atomic mass is 10.0. The molecule has 0 saturated heterocycles. The Kier molecular flexibility index (Phi) is 2.64. The minimum Gasteiger partial charge on any atom is -0.505 e. The molecular weight excluding hydrogens is 254 g/mol. The van der Waals surface area contributed by atoms with Crippen LogP contribution in [-0.2, 0) is 14.1 Å². The Bertz CT molecular complexity index is 875. The summed E-state index contributed by atoms with van der Waals surface area (Å²) in [4.78, 5) is 12.5. The molecule has 0 atom stereocenters. The standard InChI is InChI=1S/C15H15N3O2/c1-9-6-4-5-7-10(9)12-14(19)13-11(8-16-18(13)3)17(2)15(12)20/h4-8,19H,1-3H3. The molecule has 2 aromatic heterocycles. The molecular formula is C15H15N3O2. The predicted octanol–water partition coefficient (Wildman–Crippen LogP) is 1.95. The maximum atomic E-state index is 12.5. The zero-order chi connectivity index (χ0) is 14.4. The third-order valence-electron chi connectivity index (χ3n) is 3.67. The molecule has 102 valence electrons. The summed E-state index contributed by atoms with van der Waals surface area (Å²) in [6.07, 6.45) is 1.58. The zero-order valence-corrected chi connectivity index (χ0v) is 11.6. The third kappa shape index (κ3) is 1.56. The fourth-order valence-corrected chi connectivity index (χ4v) is 2.54. The Labute approximate surface area is 115 Å². The fourth-order valence-electron chi connectivity index (χ4n) is 2.54. The number of aryl methyl sites for hydroxylation is 3. The largest absolute Gasteiger partial charge is 0.505 e. The SMILES string of the molecule is Cc1ccccc1-c1c(O)c2c(cnn2C)n(C)c1=O. The molecule has 3 rings (SSSR count). The van der Waals surface area contributed by atoms with Gasteiger partial charge in [-0.3, -0.25) is 9.48 Å². The molecule has 0 aliphatic carbocycles. The number of pyridine rings is 1. The summed E-state index contributed by atoms with van der Waals surface area (Å²) >= 11 is 0. The number of fused-ring (bicyclic) bond motifs is 1. The molecule has 0 saturated carbocycles. The van der Waals surface area contributed by atoms with Crippen molar-refractivity contribution in [1.29, 1.82) is 0 Å². The second-order valence-electron chi connectivity index (χ2n) is 4.90. The van der Waals surface area contributed by atoms with Gasteiger partial charge in [-0.2, -0.15) is 5.10 Å². The topological polar surface area (TPSA) is 60.1 Å². The number of hydrogen-bond donors (Lipinski definition) is 1. The molecule has 0 unspecified atom stereocenters. The van der Waals surface area contributed by atoms with Crippen molar-refractivity contribution < 1.29 is 5.11 Å². The van der Waals surface area contributed by atoms with Crippen LogP contribution in [0, 0.1) is 6.92 Å². The van der Waals surface area contributed by atoms with E-state index in [1.807, 2.05) is 31.2 Å². The van der Waals surface area contributed by atoms with Gasteiger partial charge in [0.15, 0.2) is 5.75 Å². The maximum absolute atomic E-state index is 12.5. The van der Waals surface area contributed by atoms with Crippen LogP contribution in [0.3, 0.4) is 0 Å². The van der Waals surface area contributed by atoms with Crippen LogP contribution in [0.25, 0.3) is 22.2 Å². The van der Waals surface area contributed by atoms with Crippen molar-refractivity contribution in [1.82, 2.24) is 14.3 Å². The molecule has 20 heavy (non-hydrogen) atoms. The van der Waals surface area contributed by atoms with E-state index in [1.54, 1.807) is 25.0 Å². The highest BCUT2D eigenvalue weighted by atomic mass is 16.3. The van der Waals surface area contributed by atoms with E-state index in [2.05, 4.69) is 5.10 Å². The van der Waals surface area contributed by atoms with Gasteiger partial charge in [0.2, 0.25) is 0 Å². The minimum absolute atomic E-state index is 0.0163. The van der Waals surface area contributed by atoms with E-state index in [1.165, 1.54) is 4.57 Å². The van der Waals surface area contributed by atoms with Gasteiger partial charge >= 0.3 is 0 Å². The maximum Gasteiger partial charge on any atom is 0.262 e. The molecule has 1 aromatic carbocycles. The Balaban J connectivity index is 2.52.